The largest absolute Gasteiger partial charge is 0.361 e. The zero-order valence-corrected chi connectivity index (χ0v) is 9.07. The number of nitro groups is 1. The molecule has 0 aliphatic rings. The first-order valence-corrected chi connectivity index (χ1v) is 4.49. The van der Waals surface area contributed by atoms with E-state index in [-0.39, 0.29) is 5.69 Å². The molecule has 1 rings (SSSR count). The molecule has 0 amide bonds. The first-order chi connectivity index (χ1) is 6.93. The molecular formula is C9H14N4O2. The van der Waals surface area contributed by atoms with Crippen LogP contribution in [0.4, 0.5) is 11.5 Å². The number of rotatable bonds is 4. The van der Waals surface area contributed by atoms with Crippen molar-refractivity contribution in [2.45, 2.75) is 13.8 Å². The molecule has 0 saturated carbocycles. The lowest BCUT2D eigenvalue weighted by Gasteiger charge is -2.04. The van der Waals surface area contributed by atoms with Gasteiger partial charge in [-0.3, -0.25) is 10.1 Å². The molecule has 0 spiro atoms. The van der Waals surface area contributed by atoms with Crippen LogP contribution in [0.1, 0.15) is 12.6 Å². The van der Waals surface area contributed by atoms with Crippen molar-refractivity contribution in [2.24, 2.45) is 7.05 Å². The third-order valence-corrected chi connectivity index (χ3v) is 1.93. The Bertz CT molecular complexity index is 408. The van der Waals surface area contributed by atoms with Crippen molar-refractivity contribution in [3.8, 4) is 0 Å². The summed E-state index contributed by atoms with van der Waals surface area (Å²) < 4.78 is 1.47. The van der Waals surface area contributed by atoms with Gasteiger partial charge in [0.15, 0.2) is 0 Å². The zero-order valence-electron chi connectivity index (χ0n) is 9.07. The van der Waals surface area contributed by atoms with Crippen LogP contribution >= 0.6 is 0 Å². The molecule has 0 radical (unpaired) electrons. The quantitative estimate of drug-likeness (QED) is 0.465. The molecule has 1 N–H and O–H groups in total. The van der Waals surface area contributed by atoms with Gasteiger partial charge < -0.3 is 5.32 Å². The van der Waals surface area contributed by atoms with Crippen LogP contribution in [0.25, 0.3) is 0 Å². The summed E-state index contributed by atoms with van der Waals surface area (Å²) in [4.78, 5) is 10.4. The second-order valence-electron chi connectivity index (χ2n) is 3.47. The van der Waals surface area contributed by atoms with Crippen molar-refractivity contribution in [3.63, 3.8) is 0 Å². The minimum atomic E-state index is -0.427. The molecule has 1 aromatic rings. The molecule has 0 saturated heterocycles. The third-order valence-electron chi connectivity index (χ3n) is 1.93. The number of hydrogen-bond acceptors (Lipinski definition) is 4. The maximum atomic E-state index is 10.8. The highest BCUT2D eigenvalue weighted by molar-refractivity contribution is 5.59. The molecular weight excluding hydrogens is 196 g/mol. The topological polar surface area (TPSA) is 73.0 Å². The molecule has 0 aliphatic heterocycles. The van der Waals surface area contributed by atoms with Crippen LogP contribution in [0.2, 0.25) is 0 Å². The van der Waals surface area contributed by atoms with E-state index in [2.05, 4.69) is 17.0 Å². The predicted octanol–water partition coefficient (Wildman–Crippen LogP) is 1.62. The first-order valence-electron chi connectivity index (χ1n) is 4.49. The van der Waals surface area contributed by atoms with Crippen molar-refractivity contribution >= 4 is 11.5 Å². The number of aryl methyl sites for hydroxylation is 2. The van der Waals surface area contributed by atoms with Gasteiger partial charge in [-0.25, -0.2) is 4.68 Å². The van der Waals surface area contributed by atoms with E-state index in [1.54, 1.807) is 14.0 Å². The highest BCUT2D eigenvalue weighted by Crippen LogP contribution is 2.27. The van der Waals surface area contributed by atoms with Gasteiger partial charge in [0.25, 0.3) is 0 Å². The van der Waals surface area contributed by atoms with E-state index in [0.29, 0.717) is 18.1 Å². The minimum Gasteiger partial charge on any atom is -0.361 e. The molecule has 0 bridgehead atoms. The van der Waals surface area contributed by atoms with E-state index in [4.69, 9.17) is 0 Å². The summed E-state index contributed by atoms with van der Waals surface area (Å²) in [5.74, 6) is 0.417. The van der Waals surface area contributed by atoms with Crippen LogP contribution in [-0.4, -0.2) is 21.2 Å². The summed E-state index contributed by atoms with van der Waals surface area (Å²) in [7, 11) is 1.67. The summed E-state index contributed by atoms with van der Waals surface area (Å²) in [6, 6.07) is 0. The van der Waals surface area contributed by atoms with Gasteiger partial charge in [-0.05, 0) is 13.8 Å². The molecule has 15 heavy (non-hydrogen) atoms. The van der Waals surface area contributed by atoms with Gasteiger partial charge in [-0.15, -0.1) is 0 Å². The molecule has 0 aliphatic carbocycles. The van der Waals surface area contributed by atoms with Crippen molar-refractivity contribution in [2.75, 3.05) is 11.9 Å². The maximum absolute atomic E-state index is 10.8. The number of aromatic nitrogens is 2. The Balaban J connectivity index is 3.04. The molecule has 6 nitrogen and oxygen atoms in total. The SMILES string of the molecule is C=C(C)CNc1c([N+](=O)[O-])c(C)nn1C. The second kappa shape index (κ2) is 4.12. The van der Waals surface area contributed by atoms with Gasteiger partial charge in [-0.2, -0.15) is 5.10 Å². The second-order valence-corrected chi connectivity index (χ2v) is 3.47. The average Bonchev–Trinajstić information content (AvgIpc) is 2.37. The molecule has 0 atom stereocenters. The Labute approximate surface area is 87.7 Å². The summed E-state index contributed by atoms with van der Waals surface area (Å²) in [6.07, 6.45) is 0. The van der Waals surface area contributed by atoms with Gasteiger partial charge >= 0.3 is 5.69 Å². The fraction of sp³-hybridized carbons (Fsp3) is 0.444. The number of nitrogens with zero attached hydrogens (tertiary/aromatic N) is 3. The number of nitrogens with one attached hydrogen (secondary N) is 1. The maximum Gasteiger partial charge on any atom is 0.333 e. The van der Waals surface area contributed by atoms with Gasteiger partial charge in [0.05, 0.1) is 4.92 Å². The van der Waals surface area contributed by atoms with Crippen LogP contribution in [0.3, 0.4) is 0 Å². The Kier molecular flexibility index (Phi) is 3.08. The Hall–Kier alpha value is -1.85. The Morgan fingerprint density at radius 1 is 1.73 bits per heavy atom. The monoisotopic (exact) mass is 210 g/mol. The standard InChI is InChI=1S/C9H14N4O2/c1-6(2)5-10-9-8(13(14)15)7(3)11-12(9)4/h10H,1,5H2,2-4H3. The minimum absolute atomic E-state index is 0.0266. The highest BCUT2D eigenvalue weighted by Gasteiger charge is 2.23. The molecule has 0 unspecified atom stereocenters. The fourth-order valence-electron chi connectivity index (χ4n) is 1.30. The zero-order chi connectivity index (χ0) is 11.6. The van der Waals surface area contributed by atoms with Gasteiger partial charge in [0.2, 0.25) is 5.82 Å². The summed E-state index contributed by atoms with van der Waals surface area (Å²) in [5, 5.41) is 17.7. The molecule has 0 aromatic carbocycles. The van der Waals surface area contributed by atoms with Crippen LogP contribution in [-0.2, 0) is 7.05 Å². The summed E-state index contributed by atoms with van der Waals surface area (Å²) >= 11 is 0. The van der Waals surface area contributed by atoms with Crippen molar-refractivity contribution in [3.05, 3.63) is 28.0 Å². The van der Waals surface area contributed by atoms with Crippen molar-refractivity contribution in [1.82, 2.24) is 9.78 Å². The van der Waals surface area contributed by atoms with E-state index in [1.165, 1.54) is 4.68 Å². The molecule has 1 aromatic heterocycles. The molecule has 1 heterocycles. The predicted molar refractivity (Wildman–Crippen MR) is 57.9 cm³/mol. The highest BCUT2D eigenvalue weighted by atomic mass is 16.6. The lowest BCUT2D eigenvalue weighted by molar-refractivity contribution is -0.384. The molecule has 6 heteroatoms. The molecule has 0 fully saturated rings. The van der Waals surface area contributed by atoms with Crippen LogP contribution in [0, 0.1) is 17.0 Å². The van der Waals surface area contributed by atoms with E-state index in [0.717, 1.165) is 5.57 Å². The van der Waals surface area contributed by atoms with Crippen LogP contribution < -0.4 is 5.32 Å². The van der Waals surface area contributed by atoms with Gasteiger partial charge in [0.1, 0.15) is 5.69 Å². The average molecular weight is 210 g/mol. The Morgan fingerprint density at radius 2 is 2.33 bits per heavy atom. The normalized spacial score (nSPS) is 10.1. The van der Waals surface area contributed by atoms with Crippen molar-refractivity contribution in [1.29, 1.82) is 0 Å². The Morgan fingerprint density at radius 3 is 2.80 bits per heavy atom. The smallest absolute Gasteiger partial charge is 0.333 e. The lowest BCUT2D eigenvalue weighted by atomic mass is 10.3. The molecule has 82 valence electrons. The van der Waals surface area contributed by atoms with Gasteiger partial charge in [-0.1, -0.05) is 12.2 Å². The summed E-state index contributed by atoms with van der Waals surface area (Å²) in [5.41, 5.74) is 1.34. The lowest BCUT2D eigenvalue weighted by Crippen LogP contribution is -2.08. The summed E-state index contributed by atoms with van der Waals surface area (Å²) in [6.45, 7) is 7.68. The van der Waals surface area contributed by atoms with E-state index >= 15 is 0 Å². The fourth-order valence-corrected chi connectivity index (χ4v) is 1.30. The number of anilines is 1. The van der Waals surface area contributed by atoms with Crippen LogP contribution in [0.15, 0.2) is 12.2 Å². The number of hydrogen-bond donors (Lipinski definition) is 1. The van der Waals surface area contributed by atoms with Crippen LogP contribution in [0.5, 0.6) is 0 Å². The first kappa shape index (κ1) is 11.2. The van der Waals surface area contributed by atoms with Crippen molar-refractivity contribution < 1.29 is 4.92 Å². The van der Waals surface area contributed by atoms with E-state index in [1.807, 2.05) is 6.92 Å². The van der Waals surface area contributed by atoms with E-state index in [9.17, 15) is 10.1 Å². The van der Waals surface area contributed by atoms with E-state index < -0.39 is 4.92 Å². The third kappa shape index (κ3) is 2.34. The van der Waals surface area contributed by atoms with Gasteiger partial charge in [0, 0.05) is 13.6 Å².